The van der Waals surface area contributed by atoms with Crippen molar-refractivity contribution in [3.05, 3.63) is 38.9 Å². The van der Waals surface area contributed by atoms with E-state index in [1.54, 1.807) is 4.57 Å². The van der Waals surface area contributed by atoms with Crippen LogP contribution in [0.5, 0.6) is 0 Å². The molecule has 1 saturated heterocycles. The number of carbonyl (C=O) groups excluding carboxylic acids is 3. The summed E-state index contributed by atoms with van der Waals surface area (Å²) in [5.41, 5.74) is -0.688. The van der Waals surface area contributed by atoms with E-state index in [1.165, 1.54) is 20.0 Å². The summed E-state index contributed by atoms with van der Waals surface area (Å²) < 4.78 is 26.9. The van der Waals surface area contributed by atoms with E-state index in [2.05, 4.69) is 5.32 Å². The van der Waals surface area contributed by atoms with E-state index in [4.69, 9.17) is 21.1 Å². The Morgan fingerprint density at radius 2 is 1.78 bits per heavy atom. The van der Waals surface area contributed by atoms with Gasteiger partial charge in [-0.3, -0.25) is 19.2 Å². The summed E-state index contributed by atoms with van der Waals surface area (Å²) in [5, 5.41) is 3.19. The number of ketones is 1. The predicted octanol–water partition coefficient (Wildman–Crippen LogP) is 3.27. The van der Waals surface area contributed by atoms with Crippen molar-refractivity contribution in [1.82, 2.24) is 9.88 Å². The quantitative estimate of drug-likeness (QED) is 0.284. The number of ether oxygens (including phenoxy) is 2. The number of anilines is 1. The lowest BCUT2D eigenvalue weighted by molar-refractivity contribution is -0.158. The zero-order valence-electron chi connectivity index (χ0n) is 20.8. The number of nitrogens with zero attached hydrogens (tertiary/aromatic N) is 2. The lowest BCUT2D eigenvalue weighted by Crippen LogP contribution is -2.37. The Hall–Kier alpha value is -2.69. The first-order valence-electron chi connectivity index (χ1n) is 12.1. The van der Waals surface area contributed by atoms with Crippen LogP contribution in [0.25, 0.3) is 10.9 Å². The van der Waals surface area contributed by atoms with Crippen molar-refractivity contribution in [2.24, 2.45) is 5.92 Å². The maximum absolute atomic E-state index is 15.4. The number of pyridine rings is 1. The topological polar surface area (TPSA) is 107 Å². The van der Waals surface area contributed by atoms with E-state index < -0.39 is 40.4 Å². The maximum atomic E-state index is 15.4. The van der Waals surface area contributed by atoms with Gasteiger partial charge < -0.3 is 24.3 Å². The van der Waals surface area contributed by atoms with Gasteiger partial charge in [-0.1, -0.05) is 11.6 Å². The average Bonchev–Trinajstić information content (AvgIpc) is 3.57. The summed E-state index contributed by atoms with van der Waals surface area (Å²) in [6.07, 6.45) is 3.69. The second kappa shape index (κ2) is 11.8. The molecule has 1 atom stereocenters. The van der Waals surface area contributed by atoms with Crippen LogP contribution in [-0.4, -0.2) is 61.7 Å². The standard InChI is InChI=1S/C25H29ClFN3O6.ClH/c1-4-35-24(33)18(25(34)36-5-2)23(32)16-12-30(14-6-7-14)20-15(22(16)31)10-17(27)21(19(20)26)29-9-8-13(11-29)28-3;/h10,12-14,18,28H,4-9,11H2,1-3H3;1H/t13-;/m0./s1. The highest BCUT2D eigenvalue weighted by atomic mass is 35.5. The lowest BCUT2D eigenvalue weighted by Gasteiger charge is -2.23. The van der Waals surface area contributed by atoms with Crippen LogP contribution in [0, 0.1) is 11.7 Å². The molecule has 2 aromatic rings. The van der Waals surface area contributed by atoms with E-state index >= 15 is 4.39 Å². The SMILES string of the molecule is CCOC(=O)C(C(=O)OCC)C(=O)c1cn(C2CC2)c2c(Cl)c(N3CC[C@H](NC)C3)c(F)cc2c1=O.Cl. The molecule has 4 rings (SSSR count). The van der Waals surface area contributed by atoms with Crippen molar-refractivity contribution in [2.75, 3.05) is 38.3 Å². The van der Waals surface area contributed by atoms with Crippen LogP contribution in [0.3, 0.4) is 0 Å². The summed E-state index contributed by atoms with van der Waals surface area (Å²) in [6, 6.07) is 1.22. The Bertz CT molecular complexity index is 1260. The molecule has 2 fully saturated rings. The Labute approximate surface area is 224 Å². The Balaban J connectivity index is 0.00000380. The van der Waals surface area contributed by atoms with Gasteiger partial charge in [-0.15, -0.1) is 12.4 Å². The molecule has 1 aromatic heterocycles. The first-order valence-corrected chi connectivity index (χ1v) is 12.5. The number of Topliss-reactive ketones (excluding diaryl/α,β-unsaturated/α-hetero) is 1. The van der Waals surface area contributed by atoms with Gasteiger partial charge in [0.05, 0.1) is 40.4 Å². The molecule has 12 heteroatoms. The van der Waals surface area contributed by atoms with Crippen LogP contribution in [0.15, 0.2) is 17.1 Å². The molecule has 2 heterocycles. The van der Waals surface area contributed by atoms with Gasteiger partial charge in [0, 0.05) is 31.4 Å². The molecular weight excluding hydrogens is 528 g/mol. The minimum Gasteiger partial charge on any atom is -0.465 e. The summed E-state index contributed by atoms with van der Waals surface area (Å²) in [5.74, 6) is -5.89. The number of fused-ring (bicyclic) bond motifs is 1. The van der Waals surface area contributed by atoms with Gasteiger partial charge in [-0.05, 0) is 46.2 Å². The fourth-order valence-electron chi connectivity index (χ4n) is 4.65. The molecule has 1 saturated carbocycles. The fraction of sp³-hybridized carbons (Fsp3) is 0.520. The van der Waals surface area contributed by atoms with Crippen LogP contribution in [-0.2, 0) is 19.1 Å². The Kier molecular flexibility index (Phi) is 9.20. The third kappa shape index (κ3) is 5.46. The average molecular weight is 558 g/mol. The first kappa shape index (κ1) is 28.9. The smallest absolute Gasteiger partial charge is 0.328 e. The Morgan fingerprint density at radius 3 is 2.30 bits per heavy atom. The number of rotatable bonds is 9. The fourth-order valence-corrected chi connectivity index (χ4v) is 5.06. The van der Waals surface area contributed by atoms with E-state index in [0.717, 1.165) is 25.3 Å². The van der Waals surface area contributed by atoms with Crippen molar-refractivity contribution >= 4 is 58.3 Å². The molecule has 1 aliphatic carbocycles. The molecule has 1 aromatic carbocycles. The van der Waals surface area contributed by atoms with Crippen LogP contribution in [0.1, 0.15) is 49.5 Å². The monoisotopic (exact) mass is 557 g/mol. The molecule has 0 spiro atoms. The number of aromatic nitrogens is 1. The van der Waals surface area contributed by atoms with Gasteiger partial charge in [0.25, 0.3) is 0 Å². The highest BCUT2D eigenvalue weighted by Crippen LogP contribution is 2.42. The van der Waals surface area contributed by atoms with Crippen molar-refractivity contribution in [3.63, 3.8) is 0 Å². The number of benzene rings is 1. The third-order valence-electron chi connectivity index (χ3n) is 6.61. The van der Waals surface area contributed by atoms with Gasteiger partial charge in [-0.25, -0.2) is 4.39 Å². The summed E-state index contributed by atoms with van der Waals surface area (Å²) in [4.78, 5) is 53.7. The van der Waals surface area contributed by atoms with E-state index in [1.807, 2.05) is 11.9 Å². The van der Waals surface area contributed by atoms with Gasteiger partial charge in [0.1, 0.15) is 5.82 Å². The molecule has 0 unspecified atom stereocenters. The van der Waals surface area contributed by atoms with E-state index in [0.29, 0.717) is 18.6 Å². The molecule has 0 radical (unpaired) electrons. The summed E-state index contributed by atoms with van der Waals surface area (Å²) in [6.45, 7) is 4.08. The van der Waals surface area contributed by atoms with E-state index in [9.17, 15) is 19.2 Å². The van der Waals surface area contributed by atoms with Gasteiger partial charge in [-0.2, -0.15) is 0 Å². The number of hydrogen-bond donors (Lipinski definition) is 1. The lowest BCUT2D eigenvalue weighted by atomic mass is 9.96. The van der Waals surface area contributed by atoms with Gasteiger partial charge in [0.2, 0.25) is 5.92 Å². The number of hydrogen-bond acceptors (Lipinski definition) is 8. The van der Waals surface area contributed by atoms with Crippen molar-refractivity contribution in [1.29, 1.82) is 0 Å². The highest BCUT2D eigenvalue weighted by Gasteiger charge is 2.40. The van der Waals surface area contributed by atoms with Crippen molar-refractivity contribution < 1.29 is 28.2 Å². The van der Waals surface area contributed by atoms with Crippen molar-refractivity contribution in [2.45, 2.75) is 45.2 Å². The maximum Gasteiger partial charge on any atom is 0.328 e. The molecule has 1 aliphatic heterocycles. The predicted molar refractivity (Wildman–Crippen MR) is 139 cm³/mol. The molecule has 0 amide bonds. The zero-order valence-corrected chi connectivity index (χ0v) is 22.4. The first-order chi connectivity index (χ1) is 17.2. The number of likely N-dealkylation sites (N-methyl/N-ethyl adjacent to an activating group) is 1. The van der Waals surface area contributed by atoms with Crippen LogP contribution in [0.2, 0.25) is 5.02 Å². The number of carbonyl (C=O) groups is 3. The number of esters is 2. The molecule has 2 aliphatic rings. The van der Waals surface area contributed by atoms with E-state index in [-0.39, 0.29) is 53.8 Å². The second-order valence-electron chi connectivity index (χ2n) is 8.95. The minimum absolute atomic E-state index is 0. The highest BCUT2D eigenvalue weighted by molar-refractivity contribution is 6.38. The van der Waals surface area contributed by atoms with Crippen LogP contribution in [0.4, 0.5) is 10.1 Å². The summed E-state index contributed by atoms with van der Waals surface area (Å²) in [7, 11) is 1.84. The van der Waals surface area contributed by atoms with Crippen LogP contribution < -0.4 is 15.6 Å². The second-order valence-corrected chi connectivity index (χ2v) is 9.33. The molecule has 202 valence electrons. The zero-order chi connectivity index (χ0) is 26.1. The normalized spacial score (nSPS) is 17.1. The molecule has 9 nitrogen and oxygen atoms in total. The third-order valence-corrected chi connectivity index (χ3v) is 6.97. The number of halogens is 3. The summed E-state index contributed by atoms with van der Waals surface area (Å²) >= 11 is 6.75. The van der Waals surface area contributed by atoms with Gasteiger partial charge in [0.15, 0.2) is 11.2 Å². The molecular formula is C25H30Cl2FN3O6. The van der Waals surface area contributed by atoms with Crippen molar-refractivity contribution in [3.8, 4) is 0 Å². The number of nitrogens with one attached hydrogen (secondary N) is 1. The molecule has 1 N–H and O–H groups in total. The minimum atomic E-state index is -1.95. The molecule has 37 heavy (non-hydrogen) atoms. The largest absolute Gasteiger partial charge is 0.465 e. The Morgan fingerprint density at radius 1 is 1.16 bits per heavy atom. The van der Waals surface area contributed by atoms with Gasteiger partial charge >= 0.3 is 11.9 Å². The van der Waals surface area contributed by atoms with Crippen LogP contribution >= 0.6 is 24.0 Å². The molecule has 0 bridgehead atoms.